The monoisotopic (exact) mass is 269 g/mol. The molecule has 5 heteroatoms. The van der Waals surface area contributed by atoms with E-state index in [0.717, 1.165) is 12.8 Å². The zero-order valence-electron chi connectivity index (χ0n) is 12.7. The van der Waals surface area contributed by atoms with Crippen molar-refractivity contribution in [3.63, 3.8) is 0 Å². The molecule has 0 saturated heterocycles. The molecule has 0 aliphatic heterocycles. The molecule has 0 bridgehead atoms. The summed E-state index contributed by atoms with van der Waals surface area (Å²) >= 11 is 0. The molecule has 1 rings (SSSR count). The van der Waals surface area contributed by atoms with Crippen molar-refractivity contribution < 1.29 is 9.59 Å². The summed E-state index contributed by atoms with van der Waals surface area (Å²) in [6.07, 6.45) is 2.33. The van der Waals surface area contributed by atoms with Crippen LogP contribution >= 0.6 is 0 Å². The van der Waals surface area contributed by atoms with Crippen LogP contribution in [0.15, 0.2) is 0 Å². The number of likely N-dealkylation sites (N-methyl/N-ethyl adjacent to an activating group) is 1. The smallest absolute Gasteiger partial charge is 0.241 e. The number of carbonyl (C=O) groups is 2. The molecule has 0 heterocycles. The molecule has 2 amide bonds. The van der Waals surface area contributed by atoms with E-state index in [1.54, 1.807) is 11.9 Å². The molecule has 2 atom stereocenters. The Kier molecular flexibility index (Phi) is 4.96. The average molecular weight is 269 g/mol. The van der Waals surface area contributed by atoms with Gasteiger partial charge in [-0.25, -0.2) is 0 Å². The van der Waals surface area contributed by atoms with Crippen molar-refractivity contribution in [3.05, 3.63) is 0 Å². The van der Waals surface area contributed by atoms with Gasteiger partial charge in [0, 0.05) is 13.1 Å². The SMILES string of the molecule is CC(C)[C@H](N)C(=O)NCC(=O)N(C)C(C)C1(C)CC1. The Morgan fingerprint density at radius 2 is 1.84 bits per heavy atom. The van der Waals surface area contributed by atoms with Gasteiger partial charge in [0.05, 0.1) is 12.6 Å². The number of nitrogens with zero attached hydrogens (tertiary/aromatic N) is 1. The number of hydrogen-bond acceptors (Lipinski definition) is 3. The predicted octanol–water partition coefficient (Wildman–Crippen LogP) is 0.733. The molecule has 0 radical (unpaired) electrons. The van der Waals surface area contributed by atoms with Crippen molar-refractivity contribution in [2.24, 2.45) is 17.1 Å². The van der Waals surface area contributed by atoms with E-state index in [4.69, 9.17) is 5.73 Å². The fraction of sp³-hybridized carbons (Fsp3) is 0.857. The second-order valence-corrected chi connectivity index (χ2v) is 6.32. The second-order valence-electron chi connectivity index (χ2n) is 6.32. The lowest BCUT2D eigenvalue weighted by atomic mass is 9.99. The lowest BCUT2D eigenvalue weighted by Crippen LogP contribution is -2.49. The fourth-order valence-electron chi connectivity index (χ4n) is 2.01. The number of nitrogens with one attached hydrogen (secondary N) is 1. The van der Waals surface area contributed by atoms with Crippen molar-refractivity contribution in [1.82, 2.24) is 10.2 Å². The summed E-state index contributed by atoms with van der Waals surface area (Å²) in [5.41, 5.74) is 5.98. The maximum atomic E-state index is 12.0. The van der Waals surface area contributed by atoms with E-state index in [2.05, 4.69) is 19.2 Å². The largest absolute Gasteiger partial charge is 0.346 e. The number of hydrogen-bond donors (Lipinski definition) is 2. The van der Waals surface area contributed by atoms with Crippen molar-refractivity contribution in [3.8, 4) is 0 Å². The first-order valence-electron chi connectivity index (χ1n) is 6.98. The van der Waals surface area contributed by atoms with Gasteiger partial charge in [0.15, 0.2) is 0 Å². The van der Waals surface area contributed by atoms with Gasteiger partial charge in [-0.2, -0.15) is 0 Å². The molecule has 1 saturated carbocycles. The molecule has 5 nitrogen and oxygen atoms in total. The highest BCUT2D eigenvalue weighted by atomic mass is 16.2. The summed E-state index contributed by atoms with van der Waals surface area (Å²) in [4.78, 5) is 25.4. The van der Waals surface area contributed by atoms with Gasteiger partial charge in [-0.05, 0) is 31.1 Å². The molecule has 1 fully saturated rings. The molecule has 1 aliphatic carbocycles. The van der Waals surface area contributed by atoms with Crippen LogP contribution in [0.4, 0.5) is 0 Å². The van der Waals surface area contributed by atoms with E-state index in [9.17, 15) is 9.59 Å². The minimum absolute atomic E-state index is 0.0240. The Labute approximate surface area is 115 Å². The van der Waals surface area contributed by atoms with Gasteiger partial charge in [0.2, 0.25) is 11.8 Å². The highest BCUT2D eigenvalue weighted by molar-refractivity contribution is 5.87. The summed E-state index contributed by atoms with van der Waals surface area (Å²) in [5, 5.41) is 2.62. The molecule has 19 heavy (non-hydrogen) atoms. The standard InChI is InChI=1S/C14H27N3O2/c1-9(2)12(15)13(19)16-8-11(18)17(5)10(3)14(4)6-7-14/h9-10,12H,6-8,15H2,1-5H3,(H,16,19)/t10?,12-/m0/s1. The van der Waals surface area contributed by atoms with E-state index in [1.807, 2.05) is 13.8 Å². The van der Waals surface area contributed by atoms with Gasteiger partial charge in [0.25, 0.3) is 0 Å². The molecule has 110 valence electrons. The quantitative estimate of drug-likeness (QED) is 0.746. The number of nitrogens with two attached hydrogens (primary N) is 1. The van der Waals surface area contributed by atoms with Gasteiger partial charge in [-0.1, -0.05) is 20.8 Å². The molecule has 3 N–H and O–H groups in total. The Hall–Kier alpha value is -1.10. The molecule has 0 aromatic carbocycles. The van der Waals surface area contributed by atoms with Crippen LogP contribution in [0.5, 0.6) is 0 Å². The summed E-state index contributed by atoms with van der Waals surface area (Å²) in [6.45, 7) is 8.04. The van der Waals surface area contributed by atoms with E-state index in [-0.39, 0.29) is 35.7 Å². The van der Waals surface area contributed by atoms with Crippen molar-refractivity contribution >= 4 is 11.8 Å². The topological polar surface area (TPSA) is 75.4 Å². The summed E-state index contributed by atoms with van der Waals surface area (Å²) in [5.74, 6) is -0.260. The zero-order valence-corrected chi connectivity index (χ0v) is 12.7. The minimum atomic E-state index is -0.559. The van der Waals surface area contributed by atoms with E-state index < -0.39 is 6.04 Å². The van der Waals surface area contributed by atoms with Gasteiger partial charge < -0.3 is 16.0 Å². The molecular weight excluding hydrogens is 242 g/mol. The number of rotatable bonds is 6. The first-order valence-corrected chi connectivity index (χ1v) is 6.98. The number of amides is 2. The van der Waals surface area contributed by atoms with Crippen LogP contribution in [0.2, 0.25) is 0 Å². The third-order valence-corrected chi connectivity index (χ3v) is 4.46. The lowest BCUT2D eigenvalue weighted by molar-refractivity contribution is -0.134. The summed E-state index contributed by atoms with van der Waals surface area (Å²) in [7, 11) is 1.80. The molecule has 1 unspecified atom stereocenters. The van der Waals surface area contributed by atoms with Gasteiger partial charge in [0.1, 0.15) is 0 Å². The van der Waals surface area contributed by atoms with Crippen LogP contribution < -0.4 is 11.1 Å². The van der Waals surface area contributed by atoms with Crippen molar-refractivity contribution in [1.29, 1.82) is 0 Å². The fourth-order valence-corrected chi connectivity index (χ4v) is 2.01. The third kappa shape index (κ3) is 3.93. The molecule has 0 spiro atoms. The highest BCUT2D eigenvalue weighted by Crippen LogP contribution is 2.49. The van der Waals surface area contributed by atoms with Crippen LogP contribution in [0.3, 0.4) is 0 Å². The molecule has 0 aromatic rings. The van der Waals surface area contributed by atoms with Crippen LogP contribution in [-0.2, 0) is 9.59 Å². The highest BCUT2D eigenvalue weighted by Gasteiger charge is 2.45. The van der Waals surface area contributed by atoms with E-state index in [0.29, 0.717) is 0 Å². The maximum absolute atomic E-state index is 12.0. The lowest BCUT2D eigenvalue weighted by Gasteiger charge is -2.30. The van der Waals surface area contributed by atoms with Crippen LogP contribution in [0, 0.1) is 11.3 Å². The average Bonchev–Trinajstić information content (AvgIpc) is 3.11. The van der Waals surface area contributed by atoms with Crippen LogP contribution in [0.25, 0.3) is 0 Å². The minimum Gasteiger partial charge on any atom is -0.346 e. The van der Waals surface area contributed by atoms with Crippen molar-refractivity contribution in [2.45, 2.75) is 52.6 Å². The van der Waals surface area contributed by atoms with Crippen LogP contribution in [-0.4, -0.2) is 42.4 Å². The number of carbonyl (C=O) groups excluding carboxylic acids is 2. The van der Waals surface area contributed by atoms with Gasteiger partial charge in [-0.3, -0.25) is 9.59 Å². The normalized spacial score (nSPS) is 19.7. The molecule has 1 aliphatic rings. The Morgan fingerprint density at radius 1 is 1.32 bits per heavy atom. The Balaban J connectivity index is 2.41. The zero-order chi connectivity index (χ0) is 14.8. The third-order valence-electron chi connectivity index (χ3n) is 4.46. The van der Waals surface area contributed by atoms with Gasteiger partial charge in [-0.15, -0.1) is 0 Å². The van der Waals surface area contributed by atoms with Crippen molar-refractivity contribution in [2.75, 3.05) is 13.6 Å². The molecular formula is C14H27N3O2. The first kappa shape index (κ1) is 16.0. The molecule has 0 aromatic heterocycles. The second kappa shape index (κ2) is 5.90. The summed E-state index contributed by atoms with van der Waals surface area (Å²) in [6, 6.07) is -0.354. The van der Waals surface area contributed by atoms with E-state index in [1.165, 1.54) is 0 Å². The first-order chi connectivity index (χ1) is 8.69. The van der Waals surface area contributed by atoms with E-state index >= 15 is 0 Å². The maximum Gasteiger partial charge on any atom is 0.241 e. The van der Waals surface area contributed by atoms with Crippen LogP contribution in [0.1, 0.15) is 40.5 Å². The predicted molar refractivity (Wildman–Crippen MR) is 75.4 cm³/mol. The van der Waals surface area contributed by atoms with Gasteiger partial charge >= 0.3 is 0 Å². The summed E-state index contributed by atoms with van der Waals surface area (Å²) < 4.78 is 0. The Morgan fingerprint density at radius 3 is 2.26 bits per heavy atom. The Bertz CT molecular complexity index is 351.